The summed E-state index contributed by atoms with van der Waals surface area (Å²) in [6.45, 7) is 12.1. The van der Waals surface area contributed by atoms with Crippen LogP contribution in [0.2, 0.25) is 19.5 Å². The SMILES string of the molecule is CB(C)[C@@H](C)CCC=C(C)C. The van der Waals surface area contributed by atoms with Crippen molar-refractivity contribution in [2.45, 2.75) is 53.1 Å². The average Bonchev–Trinajstić information content (AvgIpc) is 1.86. The van der Waals surface area contributed by atoms with Gasteiger partial charge in [0.25, 0.3) is 0 Å². The zero-order valence-corrected chi connectivity index (χ0v) is 8.65. The second-order valence-corrected chi connectivity index (χ2v) is 4.08. The second kappa shape index (κ2) is 5.45. The number of rotatable bonds is 4. The Hall–Kier alpha value is -0.195. The van der Waals surface area contributed by atoms with E-state index in [0.29, 0.717) is 0 Å². The van der Waals surface area contributed by atoms with E-state index in [-0.39, 0.29) is 0 Å². The van der Waals surface area contributed by atoms with Crippen molar-refractivity contribution in [1.29, 1.82) is 0 Å². The Morgan fingerprint density at radius 2 is 1.91 bits per heavy atom. The molecule has 0 saturated heterocycles. The molecule has 0 aromatic rings. The van der Waals surface area contributed by atoms with Crippen LogP contribution in [0.4, 0.5) is 0 Å². The van der Waals surface area contributed by atoms with Gasteiger partial charge in [0.05, 0.1) is 0 Å². The maximum absolute atomic E-state index is 2.34. The number of allylic oxidation sites excluding steroid dienone is 2. The fraction of sp³-hybridized carbons (Fsp3) is 0.800. The maximum atomic E-state index is 2.34. The minimum atomic E-state index is 0.834. The Morgan fingerprint density at radius 1 is 1.36 bits per heavy atom. The van der Waals surface area contributed by atoms with Crippen molar-refractivity contribution in [2.75, 3.05) is 0 Å². The Bertz CT molecular complexity index is 121. The van der Waals surface area contributed by atoms with Crippen LogP contribution in [-0.2, 0) is 0 Å². The molecule has 0 spiro atoms. The molecule has 0 heterocycles. The first-order chi connectivity index (χ1) is 5.04. The molecule has 0 amide bonds. The summed E-state index contributed by atoms with van der Waals surface area (Å²) in [4.78, 5) is 0. The monoisotopic (exact) mass is 152 g/mol. The first kappa shape index (κ1) is 10.8. The molecule has 0 saturated carbocycles. The van der Waals surface area contributed by atoms with Gasteiger partial charge in [0.15, 0.2) is 0 Å². The topological polar surface area (TPSA) is 0 Å². The van der Waals surface area contributed by atoms with Gasteiger partial charge in [0.2, 0.25) is 0 Å². The first-order valence-electron chi connectivity index (χ1n) is 4.67. The summed E-state index contributed by atoms with van der Waals surface area (Å²) in [5.41, 5.74) is 1.45. The van der Waals surface area contributed by atoms with Crippen LogP contribution >= 0.6 is 0 Å². The van der Waals surface area contributed by atoms with Crippen LogP contribution in [-0.4, -0.2) is 6.71 Å². The van der Waals surface area contributed by atoms with E-state index >= 15 is 0 Å². The molecule has 0 radical (unpaired) electrons. The molecule has 0 bridgehead atoms. The van der Waals surface area contributed by atoms with E-state index in [1.54, 1.807) is 0 Å². The van der Waals surface area contributed by atoms with Gasteiger partial charge in [-0.3, -0.25) is 0 Å². The Labute approximate surface area is 72.2 Å². The second-order valence-electron chi connectivity index (χ2n) is 4.08. The van der Waals surface area contributed by atoms with Crippen LogP contribution in [0.1, 0.15) is 33.6 Å². The molecule has 0 unspecified atom stereocenters. The molecule has 0 aliphatic rings. The highest BCUT2D eigenvalue weighted by Gasteiger charge is 2.08. The van der Waals surface area contributed by atoms with Crippen molar-refractivity contribution in [3.05, 3.63) is 11.6 Å². The smallest absolute Gasteiger partial charge is 0.0861 e. The summed E-state index contributed by atoms with van der Waals surface area (Å²) in [6.07, 6.45) is 4.92. The lowest BCUT2D eigenvalue weighted by Crippen LogP contribution is -2.07. The van der Waals surface area contributed by atoms with Crippen LogP contribution in [0.25, 0.3) is 0 Å². The fourth-order valence-corrected chi connectivity index (χ4v) is 0.968. The predicted molar refractivity (Wildman–Crippen MR) is 55.6 cm³/mol. The van der Waals surface area contributed by atoms with E-state index in [1.807, 2.05) is 0 Å². The number of hydrogen-bond acceptors (Lipinski definition) is 0. The van der Waals surface area contributed by atoms with Gasteiger partial charge in [-0.15, -0.1) is 0 Å². The van der Waals surface area contributed by atoms with E-state index < -0.39 is 0 Å². The van der Waals surface area contributed by atoms with Crippen LogP contribution in [0.5, 0.6) is 0 Å². The summed E-state index contributed by atoms with van der Waals surface area (Å²) >= 11 is 0. The zero-order chi connectivity index (χ0) is 8.85. The molecule has 0 fully saturated rings. The molecular formula is C10H21B. The van der Waals surface area contributed by atoms with Gasteiger partial charge in [-0.1, -0.05) is 44.5 Å². The molecule has 0 N–H and O–H groups in total. The molecule has 64 valence electrons. The molecule has 0 aromatic carbocycles. The summed E-state index contributed by atoms with van der Waals surface area (Å²) < 4.78 is 0. The Kier molecular flexibility index (Phi) is 5.36. The van der Waals surface area contributed by atoms with E-state index in [1.165, 1.54) is 18.4 Å². The molecule has 11 heavy (non-hydrogen) atoms. The third-order valence-electron chi connectivity index (χ3n) is 2.31. The van der Waals surface area contributed by atoms with Gasteiger partial charge in [0.1, 0.15) is 6.71 Å². The predicted octanol–water partition coefficient (Wildman–Crippen LogP) is 3.88. The van der Waals surface area contributed by atoms with Gasteiger partial charge in [-0.25, -0.2) is 0 Å². The van der Waals surface area contributed by atoms with Crippen LogP contribution < -0.4 is 0 Å². The van der Waals surface area contributed by atoms with E-state index in [9.17, 15) is 0 Å². The van der Waals surface area contributed by atoms with Gasteiger partial charge >= 0.3 is 0 Å². The van der Waals surface area contributed by atoms with E-state index in [2.05, 4.69) is 40.5 Å². The third-order valence-corrected chi connectivity index (χ3v) is 2.31. The van der Waals surface area contributed by atoms with Gasteiger partial charge < -0.3 is 0 Å². The average molecular weight is 152 g/mol. The highest BCUT2D eigenvalue weighted by molar-refractivity contribution is 6.57. The van der Waals surface area contributed by atoms with Crippen molar-refractivity contribution in [3.8, 4) is 0 Å². The Morgan fingerprint density at radius 3 is 2.27 bits per heavy atom. The normalized spacial score (nSPS) is 12.5. The molecule has 0 aliphatic carbocycles. The molecule has 0 aliphatic heterocycles. The van der Waals surface area contributed by atoms with Crippen LogP contribution in [0.15, 0.2) is 11.6 Å². The quantitative estimate of drug-likeness (QED) is 0.423. The lowest BCUT2D eigenvalue weighted by atomic mass is 9.45. The van der Waals surface area contributed by atoms with Gasteiger partial charge in [-0.2, -0.15) is 0 Å². The van der Waals surface area contributed by atoms with Crippen molar-refractivity contribution < 1.29 is 0 Å². The minimum absolute atomic E-state index is 0.834. The maximum Gasteiger partial charge on any atom is 0.136 e. The summed E-state index contributed by atoms with van der Waals surface area (Å²) in [5, 5.41) is 0. The van der Waals surface area contributed by atoms with E-state index in [4.69, 9.17) is 0 Å². The third kappa shape index (κ3) is 6.21. The standard InChI is InChI=1S/C10H21B/c1-9(2)7-6-8-10(3)11(4)5/h7,10H,6,8H2,1-5H3/t10-/m0/s1. The van der Waals surface area contributed by atoms with Crippen molar-refractivity contribution >= 4 is 6.71 Å². The fourth-order valence-electron chi connectivity index (χ4n) is 0.968. The molecular weight excluding hydrogens is 131 g/mol. The van der Waals surface area contributed by atoms with E-state index in [0.717, 1.165) is 12.5 Å². The van der Waals surface area contributed by atoms with Crippen LogP contribution in [0.3, 0.4) is 0 Å². The summed E-state index contributed by atoms with van der Waals surface area (Å²) in [7, 11) is 0. The first-order valence-corrected chi connectivity index (χ1v) is 4.67. The lowest BCUT2D eigenvalue weighted by Gasteiger charge is -2.10. The van der Waals surface area contributed by atoms with Crippen molar-refractivity contribution in [3.63, 3.8) is 0 Å². The van der Waals surface area contributed by atoms with Crippen molar-refractivity contribution in [2.24, 2.45) is 0 Å². The Balaban J connectivity index is 3.47. The minimum Gasteiger partial charge on any atom is -0.0861 e. The van der Waals surface area contributed by atoms with Gasteiger partial charge in [0, 0.05) is 0 Å². The molecule has 1 atom stereocenters. The highest BCUT2D eigenvalue weighted by atomic mass is 13.9. The lowest BCUT2D eigenvalue weighted by molar-refractivity contribution is 0.791. The van der Waals surface area contributed by atoms with Crippen LogP contribution in [0, 0.1) is 0 Å². The summed E-state index contributed by atoms with van der Waals surface area (Å²) in [6, 6.07) is 0. The molecule has 0 rings (SSSR count). The number of hydrogen-bond donors (Lipinski definition) is 0. The zero-order valence-electron chi connectivity index (χ0n) is 8.65. The largest absolute Gasteiger partial charge is 0.136 e. The van der Waals surface area contributed by atoms with Gasteiger partial charge in [-0.05, 0) is 20.3 Å². The molecule has 0 aromatic heterocycles. The van der Waals surface area contributed by atoms with Crippen molar-refractivity contribution in [1.82, 2.24) is 0 Å². The highest BCUT2D eigenvalue weighted by Crippen LogP contribution is 2.16. The molecule has 0 nitrogen and oxygen atoms in total. The summed E-state index contributed by atoms with van der Waals surface area (Å²) in [5.74, 6) is 0.866. The molecule has 1 heteroatoms.